The van der Waals surface area contributed by atoms with Crippen LogP contribution in [0.25, 0.3) is 11.1 Å². The molecule has 1 N–H and O–H groups in total. The first-order valence-corrected chi connectivity index (χ1v) is 5.76. The molecule has 2 aromatic rings. The van der Waals surface area contributed by atoms with Crippen molar-refractivity contribution in [1.29, 1.82) is 0 Å². The first-order valence-electron chi connectivity index (χ1n) is 4.62. The fourth-order valence-corrected chi connectivity index (χ4v) is 2.03. The van der Waals surface area contributed by atoms with Crippen molar-refractivity contribution in [3.63, 3.8) is 0 Å². The molecule has 0 saturated carbocycles. The van der Waals surface area contributed by atoms with E-state index in [0.717, 1.165) is 0 Å². The Morgan fingerprint density at radius 2 is 1.59 bits per heavy atom. The molecule has 0 heterocycles. The Morgan fingerprint density at radius 1 is 0.882 bits per heavy atom. The standard InChI is InChI=1S/C12H6Cl3FO/c13-8-5-12(17)10(15)4-7(8)6-1-2-11(16)9(14)3-6/h1-5,17H. The summed E-state index contributed by atoms with van der Waals surface area (Å²) in [5, 5.41) is 9.86. The van der Waals surface area contributed by atoms with Gasteiger partial charge in [0.25, 0.3) is 0 Å². The van der Waals surface area contributed by atoms with Gasteiger partial charge < -0.3 is 5.11 Å². The lowest BCUT2D eigenvalue weighted by atomic mass is 10.1. The van der Waals surface area contributed by atoms with Gasteiger partial charge in [-0.15, -0.1) is 0 Å². The van der Waals surface area contributed by atoms with Crippen molar-refractivity contribution in [3.8, 4) is 16.9 Å². The lowest BCUT2D eigenvalue weighted by Crippen LogP contribution is -1.83. The minimum absolute atomic E-state index is 0.00256. The Morgan fingerprint density at radius 3 is 2.24 bits per heavy atom. The van der Waals surface area contributed by atoms with Crippen LogP contribution in [0.4, 0.5) is 4.39 Å². The Bertz CT molecular complexity index is 584. The first kappa shape index (κ1) is 12.5. The topological polar surface area (TPSA) is 20.2 Å². The molecule has 0 aliphatic heterocycles. The average Bonchev–Trinajstić information content (AvgIpc) is 2.27. The lowest BCUT2D eigenvalue weighted by Gasteiger charge is -2.07. The highest BCUT2D eigenvalue weighted by Gasteiger charge is 2.10. The molecule has 0 atom stereocenters. The van der Waals surface area contributed by atoms with Gasteiger partial charge in [-0.05, 0) is 23.8 Å². The Labute approximate surface area is 112 Å². The number of phenolic OH excluding ortho intramolecular Hbond substituents is 1. The molecule has 0 bridgehead atoms. The molecule has 0 radical (unpaired) electrons. The molecular weight excluding hydrogens is 285 g/mol. The van der Waals surface area contributed by atoms with Crippen molar-refractivity contribution in [2.75, 3.05) is 0 Å². The van der Waals surface area contributed by atoms with E-state index in [-0.39, 0.29) is 15.8 Å². The summed E-state index contributed by atoms with van der Waals surface area (Å²) in [7, 11) is 0. The maximum atomic E-state index is 13.0. The second-order valence-corrected chi connectivity index (χ2v) is 4.63. The van der Waals surface area contributed by atoms with Crippen LogP contribution >= 0.6 is 34.8 Å². The van der Waals surface area contributed by atoms with Gasteiger partial charge in [0.15, 0.2) is 0 Å². The number of benzene rings is 2. The van der Waals surface area contributed by atoms with Crippen molar-refractivity contribution in [2.24, 2.45) is 0 Å². The van der Waals surface area contributed by atoms with Gasteiger partial charge in [0.1, 0.15) is 11.6 Å². The molecule has 0 fully saturated rings. The Balaban J connectivity index is 2.60. The van der Waals surface area contributed by atoms with Crippen LogP contribution in [-0.4, -0.2) is 5.11 Å². The summed E-state index contributed by atoms with van der Waals surface area (Å²) in [6.45, 7) is 0. The Hall–Kier alpha value is -0.960. The van der Waals surface area contributed by atoms with E-state index in [9.17, 15) is 9.50 Å². The van der Waals surface area contributed by atoms with Gasteiger partial charge >= 0.3 is 0 Å². The van der Waals surface area contributed by atoms with Gasteiger partial charge in [-0.3, -0.25) is 0 Å². The van der Waals surface area contributed by atoms with E-state index in [4.69, 9.17) is 34.8 Å². The van der Waals surface area contributed by atoms with Crippen LogP contribution in [0, 0.1) is 5.82 Å². The van der Waals surface area contributed by atoms with E-state index in [1.165, 1.54) is 30.3 Å². The fourth-order valence-electron chi connectivity index (χ4n) is 1.42. The molecule has 0 spiro atoms. The smallest absolute Gasteiger partial charge is 0.141 e. The minimum atomic E-state index is -0.503. The Kier molecular flexibility index (Phi) is 3.48. The number of aromatic hydroxyl groups is 1. The van der Waals surface area contributed by atoms with E-state index in [2.05, 4.69) is 0 Å². The molecule has 0 amide bonds. The third-order valence-electron chi connectivity index (χ3n) is 2.27. The average molecular weight is 292 g/mol. The normalized spacial score (nSPS) is 10.6. The maximum Gasteiger partial charge on any atom is 0.141 e. The maximum absolute atomic E-state index is 13.0. The van der Waals surface area contributed by atoms with E-state index >= 15 is 0 Å². The SMILES string of the molecule is Oc1cc(Cl)c(-c2ccc(F)c(Cl)c2)cc1Cl. The summed E-state index contributed by atoms with van der Waals surface area (Å²) >= 11 is 17.5. The fraction of sp³-hybridized carbons (Fsp3) is 0. The van der Waals surface area contributed by atoms with Crippen LogP contribution in [-0.2, 0) is 0 Å². The van der Waals surface area contributed by atoms with Crippen molar-refractivity contribution in [1.82, 2.24) is 0 Å². The van der Waals surface area contributed by atoms with Gasteiger partial charge in [-0.2, -0.15) is 0 Å². The number of hydrogen-bond donors (Lipinski definition) is 1. The summed E-state index contributed by atoms with van der Waals surface area (Å²) in [6, 6.07) is 7.06. The van der Waals surface area contributed by atoms with E-state index in [1.807, 2.05) is 0 Å². The zero-order chi connectivity index (χ0) is 12.6. The molecule has 5 heteroatoms. The van der Waals surface area contributed by atoms with Gasteiger partial charge in [-0.1, -0.05) is 40.9 Å². The van der Waals surface area contributed by atoms with Crippen molar-refractivity contribution >= 4 is 34.8 Å². The monoisotopic (exact) mass is 290 g/mol. The molecule has 88 valence electrons. The van der Waals surface area contributed by atoms with Crippen LogP contribution in [0.15, 0.2) is 30.3 Å². The molecule has 0 aromatic heterocycles. The van der Waals surface area contributed by atoms with Gasteiger partial charge in [0.05, 0.1) is 15.1 Å². The lowest BCUT2D eigenvalue weighted by molar-refractivity contribution is 0.475. The second kappa shape index (κ2) is 4.73. The number of halogens is 4. The van der Waals surface area contributed by atoms with Gasteiger partial charge in [0.2, 0.25) is 0 Å². The second-order valence-electron chi connectivity index (χ2n) is 3.41. The summed E-state index contributed by atoms with van der Waals surface area (Å²) in [6.07, 6.45) is 0. The van der Waals surface area contributed by atoms with Gasteiger partial charge in [-0.25, -0.2) is 4.39 Å². The van der Waals surface area contributed by atoms with E-state index in [0.29, 0.717) is 16.1 Å². The molecule has 2 aromatic carbocycles. The quantitative estimate of drug-likeness (QED) is 0.769. The van der Waals surface area contributed by atoms with Crippen LogP contribution in [0.1, 0.15) is 0 Å². The molecule has 0 unspecified atom stereocenters. The van der Waals surface area contributed by atoms with Crippen molar-refractivity contribution in [2.45, 2.75) is 0 Å². The van der Waals surface area contributed by atoms with E-state index in [1.54, 1.807) is 0 Å². The van der Waals surface area contributed by atoms with Crippen molar-refractivity contribution < 1.29 is 9.50 Å². The van der Waals surface area contributed by atoms with Crippen LogP contribution in [0.3, 0.4) is 0 Å². The van der Waals surface area contributed by atoms with E-state index < -0.39 is 5.82 Å². The molecule has 1 nitrogen and oxygen atoms in total. The molecule has 2 rings (SSSR count). The molecule has 0 aliphatic rings. The third kappa shape index (κ3) is 2.49. The van der Waals surface area contributed by atoms with Crippen LogP contribution in [0.2, 0.25) is 15.1 Å². The zero-order valence-corrected chi connectivity index (χ0v) is 10.6. The summed E-state index contributed by atoms with van der Waals surface area (Å²) < 4.78 is 13.0. The summed E-state index contributed by atoms with van der Waals surface area (Å²) in [4.78, 5) is 0. The number of rotatable bonds is 1. The highest BCUT2D eigenvalue weighted by Crippen LogP contribution is 2.37. The third-order valence-corrected chi connectivity index (χ3v) is 3.17. The summed E-state index contributed by atoms with van der Waals surface area (Å²) in [5.74, 6) is -0.606. The van der Waals surface area contributed by atoms with Gasteiger partial charge in [0, 0.05) is 11.6 Å². The van der Waals surface area contributed by atoms with Crippen LogP contribution in [0.5, 0.6) is 5.75 Å². The zero-order valence-electron chi connectivity index (χ0n) is 8.35. The summed E-state index contributed by atoms with van der Waals surface area (Å²) in [5.41, 5.74) is 1.21. The van der Waals surface area contributed by atoms with Crippen molar-refractivity contribution in [3.05, 3.63) is 51.2 Å². The molecule has 0 saturated heterocycles. The highest BCUT2D eigenvalue weighted by atomic mass is 35.5. The number of phenols is 1. The molecule has 0 aliphatic carbocycles. The predicted molar refractivity (Wildman–Crippen MR) is 68.5 cm³/mol. The minimum Gasteiger partial charge on any atom is -0.506 e. The first-order chi connectivity index (χ1) is 7.99. The number of hydrogen-bond acceptors (Lipinski definition) is 1. The molecule has 17 heavy (non-hydrogen) atoms. The predicted octanol–water partition coefficient (Wildman–Crippen LogP) is 5.16. The molecular formula is C12H6Cl3FO. The largest absolute Gasteiger partial charge is 0.506 e. The van der Waals surface area contributed by atoms with Crippen LogP contribution < -0.4 is 0 Å². The highest BCUT2D eigenvalue weighted by molar-refractivity contribution is 6.36.